The molecule has 94 valence electrons. The van der Waals surface area contributed by atoms with Crippen molar-refractivity contribution in [1.29, 1.82) is 0 Å². The number of nitrogen functional groups attached to an aromatic ring is 1. The van der Waals surface area contributed by atoms with E-state index >= 15 is 0 Å². The van der Waals surface area contributed by atoms with Crippen LogP contribution in [0.1, 0.15) is 5.56 Å². The lowest BCUT2D eigenvalue weighted by atomic mass is 10.2. The predicted molar refractivity (Wildman–Crippen MR) is 69.8 cm³/mol. The number of benzene rings is 2. The van der Waals surface area contributed by atoms with Crippen LogP contribution in [0.3, 0.4) is 0 Å². The van der Waals surface area contributed by atoms with E-state index in [1.165, 1.54) is 0 Å². The number of anilines is 1. The number of phenolic OH excluding ortho intramolecular Hbond substituents is 1. The Labute approximate surface area is 106 Å². The molecule has 2 aromatic rings. The van der Waals surface area contributed by atoms with Crippen LogP contribution in [0.4, 0.5) is 5.69 Å². The smallest absolute Gasteiger partial charge is 0.161 e. The fraction of sp³-hybridized carbons (Fsp3) is 0.143. The highest BCUT2D eigenvalue weighted by atomic mass is 16.5. The molecule has 4 heteroatoms. The molecule has 3 N–H and O–H groups in total. The second-order valence-corrected chi connectivity index (χ2v) is 3.83. The first-order valence-corrected chi connectivity index (χ1v) is 5.54. The highest BCUT2D eigenvalue weighted by molar-refractivity contribution is 5.48. The van der Waals surface area contributed by atoms with Gasteiger partial charge < -0.3 is 20.3 Å². The number of methoxy groups -OCH3 is 1. The van der Waals surface area contributed by atoms with Gasteiger partial charge in [-0.2, -0.15) is 0 Å². The van der Waals surface area contributed by atoms with Crippen LogP contribution in [0.5, 0.6) is 17.2 Å². The quantitative estimate of drug-likeness (QED) is 0.812. The van der Waals surface area contributed by atoms with Crippen LogP contribution >= 0.6 is 0 Å². The van der Waals surface area contributed by atoms with Gasteiger partial charge in [0.15, 0.2) is 11.5 Å². The maximum absolute atomic E-state index is 9.58. The Balaban J connectivity index is 2.13. The Kier molecular flexibility index (Phi) is 3.57. The first kappa shape index (κ1) is 12.1. The molecule has 0 saturated heterocycles. The van der Waals surface area contributed by atoms with Crippen LogP contribution in [-0.2, 0) is 6.61 Å². The van der Waals surface area contributed by atoms with Gasteiger partial charge >= 0.3 is 0 Å². The van der Waals surface area contributed by atoms with E-state index in [0.29, 0.717) is 23.8 Å². The average Bonchev–Trinajstić information content (AvgIpc) is 2.39. The summed E-state index contributed by atoms with van der Waals surface area (Å²) in [4.78, 5) is 0. The zero-order valence-corrected chi connectivity index (χ0v) is 10.1. The molecule has 18 heavy (non-hydrogen) atoms. The SMILES string of the molecule is COc1cc(N)ccc1COc1ccccc1O. The van der Waals surface area contributed by atoms with E-state index < -0.39 is 0 Å². The molecule has 2 aromatic carbocycles. The maximum atomic E-state index is 9.58. The zero-order chi connectivity index (χ0) is 13.0. The van der Waals surface area contributed by atoms with Crippen molar-refractivity contribution in [1.82, 2.24) is 0 Å². The summed E-state index contributed by atoms with van der Waals surface area (Å²) in [6.45, 7) is 0.307. The zero-order valence-electron chi connectivity index (χ0n) is 10.1. The normalized spacial score (nSPS) is 10.1. The van der Waals surface area contributed by atoms with Crippen LogP contribution < -0.4 is 15.2 Å². The number of rotatable bonds is 4. The summed E-state index contributed by atoms with van der Waals surface area (Å²) < 4.78 is 10.8. The fourth-order valence-electron chi connectivity index (χ4n) is 1.62. The Hall–Kier alpha value is -2.36. The van der Waals surface area contributed by atoms with Crippen LogP contribution in [0.2, 0.25) is 0 Å². The van der Waals surface area contributed by atoms with Crippen molar-refractivity contribution < 1.29 is 14.6 Å². The van der Waals surface area contributed by atoms with Gasteiger partial charge in [0.25, 0.3) is 0 Å². The summed E-state index contributed by atoms with van der Waals surface area (Å²) in [5.41, 5.74) is 7.18. The van der Waals surface area contributed by atoms with E-state index in [-0.39, 0.29) is 5.75 Å². The molecule has 0 unspecified atom stereocenters. The Morgan fingerprint density at radius 2 is 1.89 bits per heavy atom. The number of hydrogen-bond acceptors (Lipinski definition) is 4. The van der Waals surface area contributed by atoms with E-state index in [2.05, 4.69) is 0 Å². The summed E-state index contributed by atoms with van der Waals surface area (Å²) in [5.74, 6) is 1.23. The van der Waals surface area contributed by atoms with Crippen LogP contribution in [0.15, 0.2) is 42.5 Å². The molecule has 0 spiro atoms. The van der Waals surface area contributed by atoms with Crippen LogP contribution in [0.25, 0.3) is 0 Å². The molecule has 0 aliphatic carbocycles. The minimum absolute atomic E-state index is 0.118. The molecule has 0 amide bonds. The lowest BCUT2D eigenvalue weighted by Crippen LogP contribution is -1.99. The molecule has 0 heterocycles. The van der Waals surface area contributed by atoms with Crippen molar-refractivity contribution >= 4 is 5.69 Å². The molecular weight excluding hydrogens is 230 g/mol. The van der Waals surface area contributed by atoms with Crippen LogP contribution in [-0.4, -0.2) is 12.2 Å². The van der Waals surface area contributed by atoms with Gasteiger partial charge in [-0.3, -0.25) is 0 Å². The number of ether oxygens (including phenoxy) is 2. The third kappa shape index (κ3) is 2.66. The molecule has 4 nitrogen and oxygen atoms in total. The first-order chi connectivity index (χ1) is 8.70. The molecule has 0 saturated carbocycles. The molecular formula is C14H15NO3. The predicted octanol–water partition coefficient (Wildman–Crippen LogP) is 2.56. The van der Waals surface area contributed by atoms with Crippen molar-refractivity contribution in [2.75, 3.05) is 12.8 Å². The van der Waals surface area contributed by atoms with Crippen molar-refractivity contribution in [2.45, 2.75) is 6.61 Å². The van der Waals surface area contributed by atoms with Gasteiger partial charge in [0, 0.05) is 17.3 Å². The summed E-state index contributed by atoms with van der Waals surface area (Å²) >= 11 is 0. The number of para-hydroxylation sites is 2. The number of nitrogens with two attached hydrogens (primary N) is 1. The lowest BCUT2D eigenvalue weighted by molar-refractivity contribution is 0.282. The van der Waals surface area contributed by atoms with Crippen molar-refractivity contribution in [2.24, 2.45) is 0 Å². The largest absolute Gasteiger partial charge is 0.504 e. The van der Waals surface area contributed by atoms with Crippen molar-refractivity contribution in [3.8, 4) is 17.2 Å². The molecule has 0 fully saturated rings. The summed E-state index contributed by atoms with van der Waals surface area (Å²) in [5, 5.41) is 9.58. The van der Waals surface area contributed by atoms with Gasteiger partial charge in [0.1, 0.15) is 12.4 Å². The van der Waals surface area contributed by atoms with Gasteiger partial charge in [-0.15, -0.1) is 0 Å². The Morgan fingerprint density at radius 1 is 1.11 bits per heavy atom. The molecule has 0 atom stereocenters. The van der Waals surface area contributed by atoms with Crippen molar-refractivity contribution in [3.05, 3.63) is 48.0 Å². The fourth-order valence-corrected chi connectivity index (χ4v) is 1.62. The van der Waals surface area contributed by atoms with Gasteiger partial charge in [-0.25, -0.2) is 0 Å². The highest BCUT2D eigenvalue weighted by Crippen LogP contribution is 2.27. The number of hydrogen-bond donors (Lipinski definition) is 2. The van der Waals surface area contributed by atoms with Gasteiger partial charge in [0.05, 0.1) is 7.11 Å². The third-order valence-electron chi connectivity index (χ3n) is 2.56. The van der Waals surface area contributed by atoms with E-state index in [4.69, 9.17) is 15.2 Å². The second-order valence-electron chi connectivity index (χ2n) is 3.83. The maximum Gasteiger partial charge on any atom is 0.161 e. The Morgan fingerprint density at radius 3 is 2.61 bits per heavy atom. The minimum Gasteiger partial charge on any atom is -0.504 e. The number of phenols is 1. The second kappa shape index (κ2) is 5.31. The monoisotopic (exact) mass is 245 g/mol. The van der Waals surface area contributed by atoms with E-state index in [1.807, 2.05) is 6.07 Å². The molecule has 2 rings (SSSR count). The summed E-state index contributed by atoms with van der Waals surface area (Å²) in [6, 6.07) is 12.2. The van der Waals surface area contributed by atoms with Gasteiger partial charge in [-0.1, -0.05) is 12.1 Å². The molecule has 0 aliphatic rings. The minimum atomic E-state index is 0.118. The van der Waals surface area contributed by atoms with E-state index in [1.54, 1.807) is 43.5 Å². The summed E-state index contributed by atoms with van der Waals surface area (Å²) in [6.07, 6.45) is 0. The topological polar surface area (TPSA) is 64.7 Å². The van der Waals surface area contributed by atoms with E-state index in [0.717, 1.165) is 5.56 Å². The Bertz CT molecular complexity index is 540. The lowest BCUT2D eigenvalue weighted by Gasteiger charge is -2.11. The molecule has 0 radical (unpaired) electrons. The molecule has 0 bridgehead atoms. The molecule has 0 aliphatic heterocycles. The van der Waals surface area contributed by atoms with Crippen molar-refractivity contribution in [3.63, 3.8) is 0 Å². The van der Waals surface area contributed by atoms with Gasteiger partial charge in [-0.05, 0) is 24.3 Å². The number of aromatic hydroxyl groups is 1. The van der Waals surface area contributed by atoms with Gasteiger partial charge in [0.2, 0.25) is 0 Å². The van der Waals surface area contributed by atoms with Crippen LogP contribution in [0, 0.1) is 0 Å². The first-order valence-electron chi connectivity index (χ1n) is 5.54. The van der Waals surface area contributed by atoms with E-state index in [9.17, 15) is 5.11 Å². The third-order valence-corrected chi connectivity index (χ3v) is 2.56. The average molecular weight is 245 g/mol. The molecule has 0 aromatic heterocycles. The highest BCUT2D eigenvalue weighted by Gasteiger charge is 2.06. The standard InChI is InChI=1S/C14H15NO3/c1-17-14-8-11(15)7-6-10(14)9-18-13-5-3-2-4-12(13)16/h2-8,16H,9,15H2,1H3. The summed E-state index contributed by atoms with van der Waals surface area (Å²) in [7, 11) is 1.58.